The van der Waals surface area contributed by atoms with E-state index in [0.29, 0.717) is 5.69 Å². The third-order valence-corrected chi connectivity index (χ3v) is 3.29. The number of halogens is 1. The monoisotopic (exact) mass is 300 g/mol. The third-order valence-electron chi connectivity index (χ3n) is 3.29. The van der Waals surface area contributed by atoms with Gasteiger partial charge in [-0.05, 0) is 42.0 Å². The Bertz CT molecular complexity index is 666. The van der Waals surface area contributed by atoms with Crippen molar-refractivity contribution in [3.63, 3.8) is 0 Å². The molecule has 0 radical (unpaired) electrons. The summed E-state index contributed by atoms with van der Waals surface area (Å²) in [6.07, 6.45) is 0.176. The number of amides is 2. The fourth-order valence-corrected chi connectivity index (χ4v) is 1.94. The fourth-order valence-electron chi connectivity index (χ4n) is 1.94. The molecule has 0 heterocycles. The third kappa shape index (κ3) is 4.15. The van der Waals surface area contributed by atoms with Gasteiger partial charge in [0.1, 0.15) is 5.82 Å². The van der Waals surface area contributed by atoms with E-state index in [2.05, 4.69) is 5.32 Å². The molecule has 2 amide bonds. The van der Waals surface area contributed by atoms with Crippen LogP contribution in [-0.4, -0.2) is 18.9 Å². The summed E-state index contributed by atoms with van der Waals surface area (Å²) in [7, 11) is 1.68. The van der Waals surface area contributed by atoms with Gasteiger partial charge < -0.3 is 10.2 Å². The molecule has 1 N–H and O–H groups in total. The molecule has 5 heteroatoms. The molecule has 114 valence electrons. The number of hydrogen-bond donors (Lipinski definition) is 1. The van der Waals surface area contributed by atoms with Gasteiger partial charge in [0.15, 0.2) is 0 Å². The minimum absolute atomic E-state index is 0.0619. The number of rotatable bonds is 4. The minimum Gasteiger partial charge on any atom is -0.326 e. The van der Waals surface area contributed by atoms with Gasteiger partial charge in [0, 0.05) is 25.3 Å². The van der Waals surface area contributed by atoms with Crippen LogP contribution < -0.4 is 10.2 Å². The molecule has 22 heavy (non-hydrogen) atoms. The second-order valence-electron chi connectivity index (χ2n) is 4.98. The molecule has 0 saturated heterocycles. The molecule has 2 rings (SSSR count). The van der Waals surface area contributed by atoms with E-state index in [0.717, 1.165) is 11.3 Å². The van der Waals surface area contributed by atoms with Crippen LogP contribution in [0.5, 0.6) is 0 Å². The lowest BCUT2D eigenvalue weighted by Gasteiger charge is -2.15. The Balaban J connectivity index is 1.97. The zero-order chi connectivity index (χ0) is 16.1. The van der Waals surface area contributed by atoms with Crippen molar-refractivity contribution in [1.29, 1.82) is 0 Å². The molecule has 0 aliphatic carbocycles. The predicted molar refractivity (Wildman–Crippen MR) is 84.3 cm³/mol. The minimum atomic E-state index is -0.325. The van der Waals surface area contributed by atoms with Gasteiger partial charge in [-0.2, -0.15) is 0 Å². The SMILES string of the molecule is CC(=O)N(C)c1ccc(NC(=O)Cc2ccc(F)cc2)cc1. The molecule has 0 aromatic heterocycles. The quantitative estimate of drug-likeness (QED) is 0.943. The van der Waals surface area contributed by atoms with Crippen molar-refractivity contribution in [1.82, 2.24) is 0 Å². The van der Waals surface area contributed by atoms with E-state index in [-0.39, 0.29) is 24.1 Å². The van der Waals surface area contributed by atoms with Crippen molar-refractivity contribution < 1.29 is 14.0 Å². The maximum absolute atomic E-state index is 12.8. The van der Waals surface area contributed by atoms with Crippen LogP contribution in [0.3, 0.4) is 0 Å². The van der Waals surface area contributed by atoms with Gasteiger partial charge in [0.05, 0.1) is 6.42 Å². The Morgan fingerprint density at radius 3 is 2.18 bits per heavy atom. The summed E-state index contributed by atoms with van der Waals surface area (Å²) in [6.45, 7) is 1.48. The van der Waals surface area contributed by atoms with Crippen molar-refractivity contribution in [2.75, 3.05) is 17.3 Å². The van der Waals surface area contributed by atoms with Gasteiger partial charge in [-0.15, -0.1) is 0 Å². The van der Waals surface area contributed by atoms with Gasteiger partial charge in [-0.1, -0.05) is 12.1 Å². The van der Waals surface area contributed by atoms with Crippen LogP contribution in [0.1, 0.15) is 12.5 Å². The molecule has 0 fully saturated rings. The van der Waals surface area contributed by atoms with Gasteiger partial charge in [-0.3, -0.25) is 9.59 Å². The van der Waals surface area contributed by atoms with Crippen LogP contribution in [-0.2, 0) is 16.0 Å². The van der Waals surface area contributed by atoms with E-state index in [1.54, 1.807) is 43.4 Å². The Labute approximate surface area is 128 Å². The van der Waals surface area contributed by atoms with Crippen molar-refractivity contribution in [2.24, 2.45) is 0 Å². The molecule has 0 saturated carbocycles. The van der Waals surface area contributed by atoms with Gasteiger partial charge >= 0.3 is 0 Å². The molecular formula is C17H17FN2O2. The average molecular weight is 300 g/mol. The molecule has 0 atom stereocenters. The highest BCUT2D eigenvalue weighted by atomic mass is 19.1. The Morgan fingerprint density at radius 1 is 1.05 bits per heavy atom. The number of nitrogens with one attached hydrogen (secondary N) is 1. The largest absolute Gasteiger partial charge is 0.326 e. The standard InChI is InChI=1S/C17H17FN2O2/c1-12(21)20(2)16-9-7-15(8-10-16)19-17(22)11-13-3-5-14(18)6-4-13/h3-10H,11H2,1-2H3,(H,19,22). The second-order valence-corrected chi connectivity index (χ2v) is 4.98. The zero-order valence-electron chi connectivity index (χ0n) is 12.5. The summed E-state index contributed by atoms with van der Waals surface area (Å²) in [5.74, 6) is -0.568. The van der Waals surface area contributed by atoms with E-state index < -0.39 is 0 Å². The normalized spacial score (nSPS) is 10.1. The first-order valence-corrected chi connectivity index (χ1v) is 6.84. The summed E-state index contributed by atoms with van der Waals surface area (Å²) in [4.78, 5) is 24.7. The molecule has 2 aromatic rings. The summed E-state index contributed by atoms with van der Waals surface area (Å²) >= 11 is 0. The molecule has 0 aliphatic heterocycles. The second kappa shape index (κ2) is 6.85. The molecule has 4 nitrogen and oxygen atoms in total. The topological polar surface area (TPSA) is 49.4 Å². The lowest BCUT2D eigenvalue weighted by molar-refractivity contribution is -0.116. The van der Waals surface area contributed by atoms with Gasteiger partial charge in [0.25, 0.3) is 0 Å². The fraction of sp³-hybridized carbons (Fsp3) is 0.176. The van der Waals surface area contributed by atoms with Crippen molar-refractivity contribution >= 4 is 23.2 Å². The van der Waals surface area contributed by atoms with E-state index in [4.69, 9.17) is 0 Å². The van der Waals surface area contributed by atoms with Crippen molar-refractivity contribution in [2.45, 2.75) is 13.3 Å². The molecule has 0 aliphatic rings. The first kappa shape index (κ1) is 15.7. The van der Waals surface area contributed by atoms with E-state index >= 15 is 0 Å². The first-order chi connectivity index (χ1) is 10.5. The van der Waals surface area contributed by atoms with E-state index in [9.17, 15) is 14.0 Å². The number of benzene rings is 2. The molecule has 2 aromatic carbocycles. The van der Waals surface area contributed by atoms with Crippen LogP contribution in [0, 0.1) is 5.82 Å². The lowest BCUT2D eigenvalue weighted by atomic mass is 10.1. The summed E-state index contributed by atoms with van der Waals surface area (Å²) < 4.78 is 12.8. The predicted octanol–water partition coefficient (Wildman–Crippen LogP) is 2.99. The van der Waals surface area contributed by atoms with E-state index in [1.807, 2.05) is 0 Å². The number of hydrogen-bond acceptors (Lipinski definition) is 2. The molecular weight excluding hydrogens is 283 g/mol. The molecule has 0 spiro atoms. The summed E-state index contributed by atoms with van der Waals surface area (Å²) in [5.41, 5.74) is 2.14. The maximum Gasteiger partial charge on any atom is 0.228 e. The van der Waals surface area contributed by atoms with Crippen molar-refractivity contribution in [3.05, 3.63) is 59.9 Å². The number of anilines is 2. The van der Waals surface area contributed by atoms with Crippen molar-refractivity contribution in [3.8, 4) is 0 Å². The van der Waals surface area contributed by atoms with Gasteiger partial charge in [-0.25, -0.2) is 4.39 Å². The smallest absolute Gasteiger partial charge is 0.228 e. The lowest BCUT2D eigenvalue weighted by Crippen LogP contribution is -2.22. The summed E-state index contributed by atoms with van der Waals surface area (Å²) in [5, 5.41) is 2.76. The average Bonchev–Trinajstić information content (AvgIpc) is 2.49. The Morgan fingerprint density at radius 2 is 1.64 bits per heavy atom. The zero-order valence-corrected chi connectivity index (χ0v) is 12.5. The van der Waals surface area contributed by atoms with Crippen LogP contribution in [0.4, 0.5) is 15.8 Å². The number of carbonyl (C=O) groups is 2. The van der Waals surface area contributed by atoms with Crippen LogP contribution in [0.25, 0.3) is 0 Å². The van der Waals surface area contributed by atoms with Gasteiger partial charge in [0.2, 0.25) is 11.8 Å². The van der Waals surface area contributed by atoms with Crippen LogP contribution in [0.15, 0.2) is 48.5 Å². The highest BCUT2D eigenvalue weighted by Gasteiger charge is 2.07. The highest BCUT2D eigenvalue weighted by Crippen LogP contribution is 2.17. The molecule has 0 unspecified atom stereocenters. The Hall–Kier alpha value is -2.69. The highest BCUT2D eigenvalue weighted by molar-refractivity contribution is 5.93. The first-order valence-electron chi connectivity index (χ1n) is 6.84. The molecule has 0 bridgehead atoms. The maximum atomic E-state index is 12.8. The number of nitrogens with zero attached hydrogens (tertiary/aromatic N) is 1. The Kier molecular flexibility index (Phi) is 4.88. The van der Waals surface area contributed by atoms with Crippen LogP contribution >= 0.6 is 0 Å². The van der Waals surface area contributed by atoms with E-state index in [1.165, 1.54) is 24.0 Å². The summed E-state index contributed by atoms with van der Waals surface area (Å²) in [6, 6.07) is 12.8. The number of carbonyl (C=O) groups excluding carboxylic acids is 2. The van der Waals surface area contributed by atoms with Crippen LogP contribution in [0.2, 0.25) is 0 Å².